The molecular formula is C36H46CaO6S2. The first kappa shape index (κ1) is 39.7. The fourth-order valence-corrected chi connectivity index (χ4v) is 6.93. The molecule has 4 rings (SSSR count). The number of fused-ring (bicyclic) bond motifs is 2. The molecule has 0 aliphatic rings. The largest absolute Gasteiger partial charge is 2.00 e. The zero-order valence-electron chi connectivity index (χ0n) is 26.8. The summed E-state index contributed by atoms with van der Waals surface area (Å²) >= 11 is 0. The number of rotatable bonds is 16. The van der Waals surface area contributed by atoms with Crippen molar-refractivity contribution < 1.29 is 25.9 Å². The van der Waals surface area contributed by atoms with Crippen molar-refractivity contribution in [2.75, 3.05) is 0 Å². The van der Waals surface area contributed by atoms with Crippen LogP contribution in [0.4, 0.5) is 0 Å². The Balaban J connectivity index is 0.000000307. The summed E-state index contributed by atoms with van der Waals surface area (Å²) in [5.74, 6) is 0. The SMILES string of the molecule is CCCCCCCCc1ccc2cccc(S(=O)(=O)[O-])c2c1.CCCCCCCCc1ccc2cccc(S(=O)(=O)[O-])c2c1.[Ca+2]. The van der Waals surface area contributed by atoms with Gasteiger partial charge in [-0.2, -0.15) is 0 Å². The Hall–Kier alpha value is -1.52. The molecule has 0 saturated carbocycles. The predicted octanol–water partition coefficient (Wildman–Crippen LogP) is 8.91. The van der Waals surface area contributed by atoms with Crippen LogP contribution in [0.3, 0.4) is 0 Å². The molecule has 0 saturated heterocycles. The second kappa shape index (κ2) is 20.0. The fourth-order valence-electron chi connectivity index (χ4n) is 5.55. The van der Waals surface area contributed by atoms with Gasteiger partial charge in [0.05, 0.1) is 9.79 Å². The topological polar surface area (TPSA) is 114 Å². The summed E-state index contributed by atoms with van der Waals surface area (Å²) in [5.41, 5.74) is 2.19. The van der Waals surface area contributed by atoms with Crippen LogP contribution in [-0.4, -0.2) is 63.7 Å². The quantitative estimate of drug-likeness (QED) is 0.0664. The summed E-state index contributed by atoms with van der Waals surface area (Å²) < 4.78 is 68.2. The van der Waals surface area contributed by atoms with Gasteiger partial charge in [0.15, 0.2) is 0 Å². The smallest absolute Gasteiger partial charge is 0.744 e. The molecule has 0 heterocycles. The molecule has 0 N–H and O–H groups in total. The molecule has 0 aliphatic heterocycles. The van der Waals surface area contributed by atoms with Gasteiger partial charge in [-0.1, -0.05) is 127 Å². The van der Waals surface area contributed by atoms with Crippen LogP contribution in [0.2, 0.25) is 0 Å². The third kappa shape index (κ3) is 13.3. The zero-order chi connectivity index (χ0) is 32.0. The van der Waals surface area contributed by atoms with Gasteiger partial charge in [-0.15, -0.1) is 0 Å². The van der Waals surface area contributed by atoms with Crippen molar-refractivity contribution >= 4 is 79.5 Å². The van der Waals surface area contributed by atoms with Crippen LogP contribution in [0.1, 0.15) is 102 Å². The van der Waals surface area contributed by atoms with Gasteiger partial charge in [-0.05, 0) is 82.6 Å². The van der Waals surface area contributed by atoms with E-state index in [1.54, 1.807) is 12.1 Å². The second-order valence-electron chi connectivity index (χ2n) is 11.6. The van der Waals surface area contributed by atoms with E-state index in [4.69, 9.17) is 0 Å². The van der Waals surface area contributed by atoms with Gasteiger partial charge in [0, 0.05) is 0 Å². The monoisotopic (exact) mass is 678 g/mol. The van der Waals surface area contributed by atoms with E-state index in [0.717, 1.165) is 47.6 Å². The molecule has 0 unspecified atom stereocenters. The first-order valence-corrected chi connectivity index (χ1v) is 18.8. The molecule has 45 heavy (non-hydrogen) atoms. The van der Waals surface area contributed by atoms with Crippen molar-refractivity contribution in [1.29, 1.82) is 0 Å². The van der Waals surface area contributed by atoms with Crippen LogP contribution in [0.15, 0.2) is 82.6 Å². The van der Waals surface area contributed by atoms with Gasteiger partial charge < -0.3 is 9.11 Å². The molecule has 6 nitrogen and oxygen atoms in total. The summed E-state index contributed by atoms with van der Waals surface area (Å²) in [6, 6.07) is 21.2. The second-order valence-corrected chi connectivity index (χ2v) is 14.3. The standard InChI is InChI=1S/2C18H24O3S.Ca/c2*1-2-3-4-5-6-7-9-15-12-13-16-10-8-11-18(17(16)14-15)22(19,20)21;/h2*8,10-14H,2-7,9H2,1H3,(H,19,20,21);/q;;+2/p-2. The first-order valence-electron chi connectivity index (χ1n) is 16.0. The van der Waals surface area contributed by atoms with Crippen molar-refractivity contribution in [3.63, 3.8) is 0 Å². The minimum absolute atomic E-state index is 0. The molecule has 0 spiro atoms. The van der Waals surface area contributed by atoms with E-state index in [1.165, 1.54) is 76.3 Å². The minimum atomic E-state index is -4.43. The third-order valence-electron chi connectivity index (χ3n) is 7.99. The Morgan fingerprint density at radius 3 is 1.20 bits per heavy atom. The normalized spacial score (nSPS) is 11.6. The van der Waals surface area contributed by atoms with E-state index in [0.29, 0.717) is 10.8 Å². The molecule has 240 valence electrons. The number of unbranched alkanes of at least 4 members (excludes halogenated alkanes) is 10. The fraction of sp³-hybridized carbons (Fsp3) is 0.444. The summed E-state index contributed by atoms with van der Waals surface area (Å²) in [4.78, 5) is -0.232. The van der Waals surface area contributed by atoms with E-state index in [-0.39, 0.29) is 47.5 Å². The molecule has 0 bridgehead atoms. The van der Waals surface area contributed by atoms with Crippen LogP contribution in [0, 0.1) is 0 Å². The van der Waals surface area contributed by atoms with Crippen LogP contribution in [0.5, 0.6) is 0 Å². The molecule has 9 heteroatoms. The van der Waals surface area contributed by atoms with Crippen LogP contribution >= 0.6 is 0 Å². The van der Waals surface area contributed by atoms with Crippen molar-refractivity contribution in [2.24, 2.45) is 0 Å². The number of hydrogen-bond donors (Lipinski definition) is 0. The Morgan fingerprint density at radius 2 is 0.844 bits per heavy atom. The van der Waals surface area contributed by atoms with Gasteiger partial charge in [0.2, 0.25) is 0 Å². The maximum absolute atomic E-state index is 11.4. The van der Waals surface area contributed by atoms with E-state index in [9.17, 15) is 25.9 Å². The van der Waals surface area contributed by atoms with E-state index in [2.05, 4.69) is 13.8 Å². The Morgan fingerprint density at radius 1 is 0.489 bits per heavy atom. The Labute approximate surface area is 300 Å². The first-order chi connectivity index (χ1) is 21.0. The van der Waals surface area contributed by atoms with Crippen molar-refractivity contribution in [3.8, 4) is 0 Å². The summed E-state index contributed by atoms with van der Waals surface area (Å²) in [6.45, 7) is 4.41. The molecule has 0 atom stereocenters. The summed E-state index contributed by atoms with van der Waals surface area (Å²) in [6.07, 6.45) is 16.6. The molecule has 0 aliphatic carbocycles. The minimum Gasteiger partial charge on any atom is -0.744 e. The van der Waals surface area contributed by atoms with E-state index < -0.39 is 20.2 Å². The van der Waals surface area contributed by atoms with Gasteiger partial charge in [-0.3, -0.25) is 0 Å². The predicted molar refractivity (Wildman–Crippen MR) is 184 cm³/mol. The summed E-state index contributed by atoms with van der Waals surface area (Å²) in [5, 5.41) is 2.68. The molecule has 0 radical (unpaired) electrons. The molecule has 4 aromatic carbocycles. The van der Waals surface area contributed by atoms with Gasteiger partial charge in [0.1, 0.15) is 20.2 Å². The van der Waals surface area contributed by atoms with Crippen molar-refractivity contribution in [2.45, 2.75) is 114 Å². The molecule has 4 aromatic rings. The maximum Gasteiger partial charge on any atom is 2.00 e. The average Bonchev–Trinajstić information content (AvgIpc) is 2.99. The molecule has 0 fully saturated rings. The Kier molecular flexibility index (Phi) is 17.6. The maximum atomic E-state index is 11.4. The Bertz CT molecular complexity index is 1570. The van der Waals surface area contributed by atoms with Crippen LogP contribution < -0.4 is 0 Å². The van der Waals surface area contributed by atoms with E-state index in [1.807, 2.05) is 48.5 Å². The third-order valence-corrected chi connectivity index (χ3v) is 9.78. The zero-order valence-corrected chi connectivity index (χ0v) is 30.6. The molecule has 0 amide bonds. The van der Waals surface area contributed by atoms with Gasteiger partial charge in [0.25, 0.3) is 0 Å². The number of hydrogen-bond acceptors (Lipinski definition) is 6. The summed E-state index contributed by atoms with van der Waals surface area (Å²) in [7, 11) is -8.86. The number of aryl methyl sites for hydroxylation is 2. The number of benzene rings is 4. The average molecular weight is 679 g/mol. The van der Waals surface area contributed by atoms with Crippen LogP contribution in [0.25, 0.3) is 21.5 Å². The van der Waals surface area contributed by atoms with Crippen molar-refractivity contribution in [3.05, 3.63) is 83.9 Å². The van der Waals surface area contributed by atoms with E-state index >= 15 is 0 Å². The van der Waals surface area contributed by atoms with Crippen LogP contribution in [-0.2, 0) is 33.1 Å². The van der Waals surface area contributed by atoms with Crippen molar-refractivity contribution in [1.82, 2.24) is 0 Å². The van der Waals surface area contributed by atoms with Gasteiger partial charge in [-0.25, -0.2) is 16.8 Å². The molecule has 0 aromatic heterocycles. The van der Waals surface area contributed by atoms with Gasteiger partial charge >= 0.3 is 37.7 Å². The molecular weight excluding hydrogens is 633 g/mol.